The quantitative estimate of drug-likeness (QED) is 0.634. The molecule has 0 unspecified atom stereocenters. The number of rotatable bonds is 4. The Morgan fingerprint density at radius 3 is 2.40 bits per heavy atom. The van der Waals surface area contributed by atoms with Crippen LogP contribution in [0.2, 0.25) is 19.1 Å². The first-order valence-corrected chi connectivity index (χ1v) is 6.36. The van der Waals surface area contributed by atoms with Crippen molar-refractivity contribution in [3.8, 4) is 0 Å². The van der Waals surface area contributed by atoms with Gasteiger partial charge >= 0.3 is 5.97 Å². The van der Waals surface area contributed by atoms with Crippen molar-refractivity contribution in [3.05, 3.63) is 0 Å². The molecule has 0 bridgehead atoms. The second-order valence-electron chi connectivity index (χ2n) is 2.86. The highest BCUT2D eigenvalue weighted by Gasteiger charge is 2.21. The predicted octanol–water partition coefficient (Wildman–Crippen LogP) is 1.31. The lowest BCUT2D eigenvalue weighted by atomic mass is 10.5. The number of aliphatic carboxylic acids is 1. The molecule has 0 aromatic carbocycles. The second-order valence-corrected chi connectivity index (χ2v) is 7.29. The van der Waals surface area contributed by atoms with Crippen molar-refractivity contribution in [1.29, 1.82) is 0 Å². The summed E-state index contributed by atoms with van der Waals surface area (Å²) in [7, 11) is 0.0260. The van der Waals surface area contributed by atoms with Crippen LogP contribution in [0, 0.1) is 0 Å². The van der Waals surface area contributed by atoms with Gasteiger partial charge in [-0.05, 0) is 19.1 Å². The van der Waals surface area contributed by atoms with Crippen LogP contribution in [0.3, 0.4) is 0 Å². The molecule has 0 spiro atoms. The molecule has 0 heterocycles. The molecule has 0 aromatic heterocycles. The van der Waals surface area contributed by atoms with E-state index in [0.717, 1.165) is 0 Å². The number of hydrogen-bond acceptors (Lipinski definition) is 2. The Balaban J connectivity index is 3.56. The molecule has 0 aliphatic carbocycles. The molecule has 0 aromatic rings. The molecular formula is C6H14O3Si. The van der Waals surface area contributed by atoms with Crippen molar-refractivity contribution >= 4 is 14.3 Å². The highest BCUT2D eigenvalue weighted by atomic mass is 28.4. The van der Waals surface area contributed by atoms with E-state index >= 15 is 0 Å². The third-order valence-electron chi connectivity index (χ3n) is 1.49. The van der Waals surface area contributed by atoms with Gasteiger partial charge in [-0.15, -0.1) is 0 Å². The Bertz CT molecular complexity index is 122. The fraction of sp³-hybridized carbons (Fsp3) is 0.833. The van der Waals surface area contributed by atoms with E-state index in [1.807, 2.05) is 13.1 Å². The highest BCUT2D eigenvalue weighted by Crippen LogP contribution is 2.11. The summed E-state index contributed by atoms with van der Waals surface area (Å²) in [6.07, 6.45) is 0.229. The van der Waals surface area contributed by atoms with E-state index in [1.54, 1.807) is 7.11 Å². The number of carboxylic acids is 1. The van der Waals surface area contributed by atoms with Crippen LogP contribution in [0.4, 0.5) is 0 Å². The van der Waals surface area contributed by atoms with Gasteiger partial charge in [-0.3, -0.25) is 4.79 Å². The Hall–Kier alpha value is -0.353. The molecule has 0 rings (SSSR count). The van der Waals surface area contributed by atoms with E-state index in [9.17, 15) is 4.79 Å². The molecule has 0 aliphatic heterocycles. The molecule has 0 fully saturated rings. The van der Waals surface area contributed by atoms with E-state index in [4.69, 9.17) is 9.53 Å². The Kier molecular flexibility index (Phi) is 3.60. The van der Waals surface area contributed by atoms with Gasteiger partial charge in [0, 0.05) is 13.5 Å². The van der Waals surface area contributed by atoms with Crippen LogP contribution in [0.15, 0.2) is 0 Å². The van der Waals surface area contributed by atoms with Gasteiger partial charge in [0.25, 0.3) is 0 Å². The maximum absolute atomic E-state index is 10.1. The summed E-state index contributed by atoms with van der Waals surface area (Å²) >= 11 is 0. The average Bonchev–Trinajstić information content (AvgIpc) is 1.85. The molecule has 0 saturated heterocycles. The fourth-order valence-corrected chi connectivity index (χ4v) is 1.53. The molecule has 10 heavy (non-hydrogen) atoms. The molecular weight excluding hydrogens is 148 g/mol. The van der Waals surface area contributed by atoms with Gasteiger partial charge in [-0.2, -0.15) is 0 Å². The number of carbonyl (C=O) groups is 1. The van der Waals surface area contributed by atoms with Crippen LogP contribution < -0.4 is 0 Å². The van der Waals surface area contributed by atoms with Gasteiger partial charge in [-0.1, -0.05) is 0 Å². The monoisotopic (exact) mass is 162 g/mol. The first-order chi connectivity index (χ1) is 4.48. The summed E-state index contributed by atoms with van der Waals surface area (Å²) in [5.74, 6) is -0.738. The van der Waals surface area contributed by atoms with Gasteiger partial charge < -0.3 is 9.53 Å². The van der Waals surface area contributed by atoms with Crippen LogP contribution >= 0.6 is 0 Å². The van der Waals surface area contributed by atoms with E-state index < -0.39 is 14.3 Å². The molecule has 0 radical (unpaired) electrons. The van der Waals surface area contributed by atoms with E-state index in [0.29, 0.717) is 6.04 Å². The summed E-state index contributed by atoms with van der Waals surface area (Å²) in [6.45, 7) is 4.02. The van der Waals surface area contributed by atoms with Crippen LogP contribution in [0.5, 0.6) is 0 Å². The molecule has 0 atom stereocenters. The minimum Gasteiger partial charge on any atom is -0.481 e. The lowest BCUT2D eigenvalue weighted by Crippen LogP contribution is -2.28. The van der Waals surface area contributed by atoms with Crippen molar-refractivity contribution in [2.24, 2.45) is 0 Å². The molecule has 0 amide bonds. The maximum Gasteiger partial charge on any atom is 0.303 e. The van der Waals surface area contributed by atoms with E-state index in [1.165, 1.54) is 0 Å². The standard InChI is InChI=1S/C6H14O3Si/c1-9-10(2,3)5-4-6(7)8/h4-5H2,1-3H3,(H,7,8). The van der Waals surface area contributed by atoms with Gasteiger partial charge in [0.15, 0.2) is 8.32 Å². The minimum absolute atomic E-state index is 0.229. The molecule has 4 heteroatoms. The fourth-order valence-electron chi connectivity index (χ4n) is 0.510. The van der Waals surface area contributed by atoms with Crippen molar-refractivity contribution < 1.29 is 14.3 Å². The zero-order valence-electron chi connectivity index (χ0n) is 6.68. The van der Waals surface area contributed by atoms with Crippen LogP contribution in [-0.4, -0.2) is 26.5 Å². The molecule has 1 N–H and O–H groups in total. The maximum atomic E-state index is 10.1. The minimum atomic E-state index is -1.62. The normalized spacial score (nSPS) is 11.5. The predicted molar refractivity (Wildman–Crippen MR) is 41.6 cm³/mol. The Morgan fingerprint density at radius 1 is 1.60 bits per heavy atom. The van der Waals surface area contributed by atoms with Gasteiger partial charge in [0.1, 0.15) is 0 Å². The molecule has 3 nitrogen and oxygen atoms in total. The lowest BCUT2D eigenvalue weighted by Gasteiger charge is -2.17. The second kappa shape index (κ2) is 3.73. The smallest absolute Gasteiger partial charge is 0.303 e. The summed E-state index contributed by atoms with van der Waals surface area (Å²) in [5, 5.41) is 8.34. The van der Waals surface area contributed by atoms with Crippen molar-refractivity contribution in [1.82, 2.24) is 0 Å². The zero-order valence-corrected chi connectivity index (χ0v) is 7.68. The third kappa shape index (κ3) is 4.52. The zero-order chi connectivity index (χ0) is 8.20. The average molecular weight is 162 g/mol. The van der Waals surface area contributed by atoms with Gasteiger partial charge in [-0.25, -0.2) is 0 Å². The van der Waals surface area contributed by atoms with Gasteiger partial charge in [0.2, 0.25) is 0 Å². The first-order valence-electron chi connectivity index (χ1n) is 3.25. The molecule has 60 valence electrons. The molecule has 0 saturated carbocycles. The summed E-state index contributed by atoms with van der Waals surface area (Å²) in [6, 6.07) is 0.693. The van der Waals surface area contributed by atoms with Crippen molar-refractivity contribution in [2.45, 2.75) is 25.6 Å². The van der Waals surface area contributed by atoms with Crippen LogP contribution in [-0.2, 0) is 9.22 Å². The number of hydrogen-bond donors (Lipinski definition) is 1. The highest BCUT2D eigenvalue weighted by molar-refractivity contribution is 6.71. The van der Waals surface area contributed by atoms with Crippen molar-refractivity contribution in [2.75, 3.05) is 7.11 Å². The van der Waals surface area contributed by atoms with E-state index in [-0.39, 0.29) is 6.42 Å². The number of carboxylic acid groups (broad SMARTS) is 1. The topological polar surface area (TPSA) is 46.5 Å². The molecule has 0 aliphatic rings. The van der Waals surface area contributed by atoms with Gasteiger partial charge in [0.05, 0.1) is 0 Å². The summed E-state index contributed by atoms with van der Waals surface area (Å²) in [5.41, 5.74) is 0. The first kappa shape index (κ1) is 9.65. The van der Waals surface area contributed by atoms with Crippen LogP contribution in [0.25, 0.3) is 0 Å². The summed E-state index contributed by atoms with van der Waals surface area (Å²) in [4.78, 5) is 10.1. The summed E-state index contributed by atoms with van der Waals surface area (Å²) < 4.78 is 5.16. The Morgan fingerprint density at radius 2 is 2.10 bits per heavy atom. The largest absolute Gasteiger partial charge is 0.481 e. The lowest BCUT2D eigenvalue weighted by molar-refractivity contribution is -0.136. The van der Waals surface area contributed by atoms with Crippen molar-refractivity contribution in [3.63, 3.8) is 0 Å². The third-order valence-corrected chi connectivity index (χ3v) is 4.05. The Labute approximate surface area is 62.1 Å². The van der Waals surface area contributed by atoms with Crippen LogP contribution in [0.1, 0.15) is 6.42 Å². The van der Waals surface area contributed by atoms with E-state index in [2.05, 4.69) is 0 Å². The SMILES string of the molecule is CO[Si](C)(C)CCC(=O)O.